The number of ether oxygens (including phenoxy) is 1. The Labute approximate surface area is 176 Å². The predicted molar refractivity (Wildman–Crippen MR) is 114 cm³/mol. The highest BCUT2D eigenvalue weighted by Gasteiger charge is 2.19. The minimum atomic E-state index is -0.576. The largest absolute Gasteiger partial charge is 0.497 e. The first-order valence-electron chi connectivity index (χ1n) is 9.11. The van der Waals surface area contributed by atoms with E-state index in [4.69, 9.17) is 16.3 Å². The standard InChI is InChI=1S/C22H17ClN4O3/c1-30-17-9-7-16(8-10-17)27-20-18(6-3-11-24-20)26-19(22(27)29)21(28)25-13-14-4-2-5-15(23)12-14/h2-12H,13H2,1H3,(H,25,28). The van der Waals surface area contributed by atoms with Crippen LogP contribution in [0.2, 0.25) is 5.02 Å². The lowest BCUT2D eigenvalue weighted by atomic mass is 10.2. The number of hydrogen-bond acceptors (Lipinski definition) is 5. The molecule has 0 bridgehead atoms. The molecule has 2 heterocycles. The number of nitrogens with zero attached hydrogens (tertiary/aromatic N) is 3. The molecule has 7 nitrogen and oxygen atoms in total. The molecule has 1 N–H and O–H groups in total. The fourth-order valence-corrected chi connectivity index (χ4v) is 3.26. The normalized spacial score (nSPS) is 10.7. The van der Waals surface area contributed by atoms with E-state index in [9.17, 15) is 9.59 Å². The molecule has 30 heavy (non-hydrogen) atoms. The number of pyridine rings is 1. The molecule has 2 aromatic carbocycles. The topological polar surface area (TPSA) is 86.1 Å². The van der Waals surface area contributed by atoms with Gasteiger partial charge >= 0.3 is 0 Å². The lowest BCUT2D eigenvalue weighted by molar-refractivity contribution is 0.0944. The fourth-order valence-electron chi connectivity index (χ4n) is 3.05. The number of methoxy groups -OCH3 is 1. The Morgan fingerprint density at radius 1 is 1.13 bits per heavy atom. The SMILES string of the molecule is COc1ccc(-n2c(=O)c(C(=O)NCc3cccc(Cl)c3)nc3cccnc32)cc1. The van der Waals surface area contributed by atoms with E-state index in [0.29, 0.717) is 27.6 Å². The van der Waals surface area contributed by atoms with Crippen LogP contribution in [-0.2, 0) is 6.54 Å². The van der Waals surface area contributed by atoms with Gasteiger partial charge in [-0.2, -0.15) is 0 Å². The Hall–Kier alpha value is -3.71. The molecule has 0 aliphatic rings. The first kappa shape index (κ1) is 19.6. The van der Waals surface area contributed by atoms with Crippen molar-refractivity contribution in [3.05, 3.63) is 93.5 Å². The highest BCUT2D eigenvalue weighted by Crippen LogP contribution is 2.17. The molecule has 0 saturated carbocycles. The van der Waals surface area contributed by atoms with Crippen LogP contribution in [0.25, 0.3) is 16.9 Å². The van der Waals surface area contributed by atoms with E-state index < -0.39 is 11.5 Å². The van der Waals surface area contributed by atoms with Crippen LogP contribution in [0.4, 0.5) is 0 Å². The van der Waals surface area contributed by atoms with Gasteiger partial charge in [-0.05, 0) is 54.1 Å². The average molecular weight is 421 g/mol. The minimum absolute atomic E-state index is 0.214. The van der Waals surface area contributed by atoms with Gasteiger partial charge in [0.2, 0.25) is 0 Å². The summed E-state index contributed by atoms with van der Waals surface area (Å²) in [6, 6.07) is 17.4. The fraction of sp³-hybridized carbons (Fsp3) is 0.0909. The molecule has 1 amide bonds. The van der Waals surface area contributed by atoms with Gasteiger partial charge in [0.15, 0.2) is 11.3 Å². The summed E-state index contributed by atoms with van der Waals surface area (Å²) in [4.78, 5) is 34.5. The number of rotatable bonds is 5. The summed E-state index contributed by atoms with van der Waals surface area (Å²) in [6.45, 7) is 0.216. The van der Waals surface area contributed by atoms with Crippen molar-refractivity contribution in [2.24, 2.45) is 0 Å². The number of aromatic nitrogens is 3. The van der Waals surface area contributed by atoms with E-state index in [2.05, 4.69) is 15.3 Å². The summed E-state index contributed by atoms with van der Waals surface area (Å²) in [6.07, 6.45) is 1.57. The van der Waals surface area contributed by atoms with Crippen LogP contribution in [0, 0.1) is 0 Å². The Bertz CT molecular complexity index is 1290. The van der Waals surface area contributed by atoms with Crippen molar-refractivity contribution in [2.45, 2.75) is 6.54 Å². The van der Waals surface area contributed by atoms with Crippen LogP contribution >= 0.6 is 11.6 Å². The van der Waals surface area contributed by atoms with E-state index in [1.54, 1.807) is 67.9 Å². The number of halogens is 1. The third-order valence-electron chi connectivity index (χ3n) is 4.50. The smallest absolute Gasteiger partial charge is 0.288 e. The number of nitrogens with one attached hydrogen (secondary N) is 1. The van der Waals surface area contributed by atoms with Crippen molar-refractivity contribution in [3.63, 3.8) is 0 Å². The third-order valence-corrected chi connectivity index (χ3v) is 4.74. The number of fused-ring (bicyclic) bond motifs is 1. The van der Waals surface area contributed by atoms with Crippen molar-refractivity contribution in [2.75, 3.05) is 7.11 Å². The molecule has 8 heteroatoms. The maximum Gasteiger partial charge on any atom is 0.288 e. The highest BCUT2D eigenvalue weighted by molar-refractivity contribution is 6.30. The molecule has 0 atom stereocenters. The van der Waals surface area contributed by atoms with Gasteiger partial charge in [0.25, 0.3) is 11.5 Å². The number of carbonyl (C=O) groups is 1. The van der Waals surface area contributed by atoms with E-state index >= 15 is 0 Å². The van der Waals surface area contributed by atoms with Gasteiger partial charge in [0, 0.05) is 17.8 Å². The second-order valence-corrected chi connectivity index (χ2v) is 6.89. The summed E-state index contributed by atoms with van der Waals surface area (Å²) in [5.41, 5.74) is 1.38. The van der Waals surface area contributed by atoms with Crippen LogP contribution in [0.1, 0.15) is 16.1 Å². The van der Waals surface area contributed by atoms with Crippen LogP contribution in [0.15, 0.2) is 71.7 Å². The van der Waals surface area contributed by atoms with Gasteiger partial charge in [-0.15, -0.1) is 0 Å². The lowest BCUT2D eigenvalue weighted by Gasteiger charge is -2.12. The van der Waals surface area contributed by atoms with Crippen molar-refractivity contribution in [1.82, 2.24) is 19.9 Å². The average Bonchev–Trinajstić information content (AvgIpc) is 2.77. The Balaban J connectivity index is 1.75. The monoisotopic (exact) mass is 420 g/mol. The van der Waals surface area contributed by atoms with Crippen molar-refractivity contribution < 1.29 is 9.53 Å². The molecule has 0 unspecified atom stereocenters. The third kappa shape index (κ3) is 3.88. The number of carbonyl (C=O) groups excluding carboxylic acids is 1. The van der Waals surface area contributed by atoms with Gasteiger partial charge in [0.05, 0.1) is 12.8 Å². The van der Waals surface area contributed by atoms with E-state index in [1.165, 1.54) is 4.57 Å². The zero-order valence-electron chi connectivity index (χ0n) is 16.0. The van der Waals surface area contributed by atoms with Crippen molar-refractivity contribution >= 4 is 28.7 Å². The minimum Gasteiger partial charge on any atom is -0.497 e. The predicted octanol–water partition coefficient (Wildman–Crippen LogP) is 3.37. The Morgan fingerprint density at radius 3 is 2.67 bits per heavy atom. The first-order chi connectivity index (χ1) is 14.6. The van der Waals surface area contributed by atoms with Gasteiger partial charge in [-0.1, -0.05) is 23.7 Å². The second kappa shape index (κ2) is 8.34. The zero-order valence-corrected chi connectivity index (χ0v) is 16.8. The van der Waals surface area contributed by atoms with E-state index in [-0.39, 0.29) is 12.2 Å². The zero-order chi connectivity index (χ0) is 21.1. The molecular weight excluding hydrogens is 404 g/mol. The van der Waals surface area contributed by atoms with Crippen LogP contribution in [0.3, 0.4) is 0 Å². The molecule has 0 spiro atoms. The summed E-state index contributed by atoms with van der Waals surface area (Å²) in [5.74, 6) is 0.0746. The Morgan fingerprint density at radius 2 is 1.93 bits per heavy atom. The second-order valence-electron chi connectivity index (χ2n) is 6.46. The molecule has 2 aromatic heterocycles. The van der Waals surface area contributed by atoms with Gasteiger partial charge in [-0.3, -0.25) is 14.2 Å². The maximum atomic E-state index is 13.2. The molecule has 0 fully saturated rings. The molecule has 4 rings (SSSR count). The van der Waals surface area contributed by atoms with Gasteiger partial charge in [-0.25, -0.2) is 9.97 Å². The van der Waals surface area contributed by atoms with Gasteiger partial charge < -0.3 is 10.1 Å². The van der Waals surface area contributed by atoms with E-state index in [1.807, 2.05) is 6.07 Å². The summed E-state index contributed by atoms with van der Waals surface area (Å²) in [5, 5.41) is 3.30. The first-order valence-corrected chi connectivity index (χ1v) is 9.49. The van der Waals surface area contributed by atoms with E-state index in [0.717, 1.165) is 5.56 Å². The quantitative estimate of drug-likeness (QED) is 0.535. The summed E-state index contributed by atoms with van der Waals surface area (Å²) < 4.78 is 6.55. The van der Waals surface area contributed by atoms with Crippen molar-refractivity contribution in [1.29, 1.82) is 0 Å². The van der Waals surface area contributed by atoms with Gasteiger partial charge in [0.1, 0.15) is 11.3 Å². The van der Waals surface area contributed by atoms with Crippen LogP contribution in [-0.4, -0.2) is 27.6 Å². The summed E-state index contributed by atoms with van der Waals surface area (Å²) >= 11 is 5.98. The number of amides is 1. The molecule has 0 aliphatic carbocycles. The molecule has 0 radical (unpaired) electrons. The van der Waals surface area contributed by atoms with Crippen LogP contribution in [0.5, 0.6) is 5.75 Å². The molecule has 4 aromatic rings. The van der Waals surface area contributed by atoms with Crippen LogP contribution < -0.4 is 15.6 Å². The molecule has 0 aliphatic heterocycles. The number of hydrogen-bond donors (Lipinski definition) is 1. The van der Waals surface area contributed by atoms with Crippen molar-refractivity contribution in [3.8, 4) is 11.4 Å². The maximum absolute atomic E-state index is 13.2. The summed E-state index contributed by atoms with van der Waals surface area (Å²) in [7, 11) is 1.56. The number of benzene rings is 2. The molecular formula is C22H17ClN4O3. The Kier molecular flexibility index (Phi) is 5.45. The lowest BCUT2D eigenvalue weighted by Crippen LogP contribution is -2.34. The molecule has 0 saturated heterocycles. The molecule has 150 valence electrons. The highest BCUT2D eigenvalue weighted by atomic mass is 35.5.